The van der Waals surface area contributed by atoms with Crippen molar-refractivity contribution in [1.82, 2.24) is 19.7 Å². The highest BCUT2D eigenvalue weighted by Crippen LogP contribution is 2.18. The van der Waals surface area contributed by atoms with Crippen LogP contribution in [0.5, 0.6) is 0 Å². The smallest absolute Gasteiger partial charge is 0.257 e. The van der Waals surface area contributed by atoms with Crippen LogP contribution in [0.4, 0.5) is 5.13 Å². The Hall–Kier alpha value is -2.53. The minimum atomic E-state index is -0.276. The molecule has 2 aliphatic rings. The van der Waals surface area contributed by atoms with E-state index in [1.54, 1.807) is 34.5 Å². The van der Waals surface area contributed by atoms with Crippen molar-refractivity contribution in [3.8, 4) is 0 Å². The van der Waals surface area contributed by atoms with Gasteiger partial charge in [-0.3, -0.25) is 24.6 Å². The predicted molar refractivity (Wildman–Crippen MR) is 126 cm³/mol. The first-order valence-corrected chi connectivity index (χ1v) is 12.1. The van der Waals surface area contributed by atoms with Crippen molar-refractivity contribution in [1.29, 1.82) is 0 Å². The number of carbonyl (C=O) groups is 3. The minimum Gasteiger partial charge on any atom is -0.378 e. The Morgan fingerprint density at radius 2 is 1.64 bits per heavy atom. The van der Waals surface area contributed by atoms with Crippen LogP contribution in [0.25, 0.3) is 0 Å². The predicted octanol–water partition coefficient (Wildman–Crippen LogP) is 1.59. The van der Waals surface area contributed by atoms with Gasteiger partial charge in [0.1, 0.15) is 0 Å². The first-order valence-electron chi connectivity index (χ1n) is 10.8. The SMILES string of the molecule is O=C(Nc1nc(CC(=O)N2CCN(CC(=O)N3CCOCC3)CC2)cs1)c1ccc(Cl)cc1. The monoisotopic (exact) mass is 491 g/mol. The van der Waals surface area contributed by atoms with Gasteiger partial charge in [-0.2, -0.15) is 0 Å². The van der Waals surface area contributed by atoms with Crippen molar-refractivity contribution >= 4 is 45.8 Å². The zero-order chi connectivity index (χ0) is 23.2. The molecule has 3 amide bonds. The van der Waals surface area contributed by atoms with E-state index in [1.165, 1.54) is 11.3 Å². The molecule has 3 heterocycles. The highest BCUT2D eigenvalue weighted by atomic mass is 35.5. The number of amides is 3. The van der Waals surface area contributed by atoms with Crippen molar-refractivity contribution in [2.45, 2.75) is 6.42 Å². The molecule has 0 spiro atoms. The van der Waals surface area contributed by atoms with Crippen molar-refractivity contribution in [2.24, 2.45) is 0 Å². The molecule has 176 valence electrons. The fraction of sp³-hybridized carbons (Fsp3) is 0.455. The van der Waals surface area contributed by atoms with Gasteiger partial charge in [-0.05, 0) is 24.3 Å². The van der Waals surface area contributed by atoms with Crippen LogP contribution >= 0.6 is 22.9 Å². The summed E-state index contributed by atoms with van der Waals surface area (Å²) in [5.41, 5.74) is 1.11. The van der Waals surface area contributed by atoms with Gasteiger partial charge < -0.3 is 14.5 Å². The number of anilines is 1. The minimum absolute atomic E-state index is 0.00460. The van der Waals surface area contributed by atoms with Crippen LogP contribution in [0.3, 0.4) is 0 Å². The molecule has 0 aliphatic carbocycles. The summed E-state index contributed by atoms with van der Waals surface area (Å²) in [5.74, 6) is -0.162. The largest absolute Gasteiger partial charge is 0.378 e. The second-order valence-corrected chi connectivity index (χ2v) is 9.23. The van der Waals surface area contributed by atoms with E-state index >= 15 is 0 Å². The van der Waals surface area contributed by atoms with E-state index in [9.17, 15) is 14.4 Å². The highest BCUT2D eigenvalue weighted by Gasteiger charge is 2.25. The van der Waals surface area contributed by atoms with Crippen LogP contribution < -0.4 is 5.32 Å². The van der Waals surface area contributed by atoms with E-state index in [0.717, 1.165) is 0 Å². The van der Waals surface area contributed by atoms with Gasteiger partial charge in [0.2, 0.25) is 11.8 Å². The summed E-state index contributed by atoms with van der Waals surface area (Å²) >= 11 is 7.14. The number of thiazole rings is 1. The van der Waals surface area contributed by atoms with Gasteiger partial charge in [0.05, 0.1) is 31.9 Å². The quantitative estimate of drug-likeness (QED) is 0.659. The molecule has 33 heavy (non-hydrogen) atoms. The number of nitrogens with one attached hydrogen (secondary N) is 1. The molecule has 11 heteroatoms. The van der Waals surface area contributed by atoms with Gasteiger partial charge in [-0.1, -0.05) is 11.6 Å². The maximum absolute atomic E-state index is 12.7. The van der Waals surface area contributed by atoms with Crippen molar-refractivity contribution < 1.29 is 19.1 Å². The van der Waals surface area contributed by atoms with Crippen LogP contribution in [0.15, 0.2) is 29.6 Å². The number of aromatic nitrogens is 1. The Labute approximate surface area is 201 Å². The Morgan fingerprint density at radius 1 is 0.970 bits per heavy atom. The first kappa shape index (κ1) is 23.6. The molecule has 2 aromatic rings. The highest BCUT2D eigenvalue weighted by molar-refractivity contribution is 7.14. The van der Waals surface area contributed by atoms with E-state index in [2.05, 4.69) is 15.2 Å². The number of ether oxygens (including phenoxy) is 1. The molecule has 0 unspecified atom stereocenters. The zero-order valence-electron chi connectivity index (χ0n) is 18.2. The molecule has 1 aromatic carbocycles. The molecule has 9 nitrogen and oxygen atoms in total. The van der Waals surface area contributed by atoms with Crippen molar-refractivity contribution in [2.75, 3.05) is 64.3 Å². The number of benzene rings is 1. The average Bonchev–Trinajstić information content (AvgIpc) is 3.27. The molecular formula is C22H26ClN5O4S. The summed E-state index contributed by atoms with van der Waals surface area (Å²) in [4.78, 5) is 47.6. The normalized spacial score (nSPS) is 17.1. The Bertz CT molecular complexity index is 985. The summed E-state index contributed by atoms with van der Waals surface area (Å²) in [6.07, 6.45) is 0.181. The molecule has 1 aromatic heterocycles. The van der Waals surface area contributed by atoms with Gasteiger partial charge in [0.25, 0.3) is 5.91 Å². The summed E-state index contributed by atoms with van der Waals surface area (Å²) in [6.45, 7) is 5.36. The maximum atomic E-state index is 12.7. The molecule has 1 N–H and O–H groups in total. The molecule has 4 rings (SSSR count). The second-order valence-electron chi connectivity index (χ2n) is 7.93. The fourth-order valence-electron chi connectivity index (χ4n) is 3.74. The number of piperazine rings is 1. The lowest BCUT2D eigenvalue weighted by Gasteiger charge is -2.36. The molecule has 0 saturated carbocycles. The van der Waals surface area contributed by atoms with Gasteiger partial charge in [-0.15, -0.1) is 11.3 Å². The second kappa shape index (κ2) is 11.1. The molecule has 0 atom stereocenters. The van der Waals surface area contributed by atoms with Crippen LogP contribution in [-0.4, -0.2) is 96.4 Å². The molecule has 0 radical (unpaired) electrons. The number of hydrogen-bond acceptors (Lipinski definition) is 7. The van der Waals surface area contributed by atoms with Gasteiger partial charge >= 0.3 is 0 Å². The van der Waals surface area contributed by atoms with Crippen LogP contribution in [-0.2, 0) is 20.7 Å². The molecule has 0 bridgehead atoms. The zero-order valence-corrected chi connectivity index (χ0v) is 19.7. The Kier molecular flexibility index (Phi) is 7.92. The Balaban J connectivity index is 1.21. The number of rotatable bonds is 6. The van der Waals surface area contributed by atoms with E-state index in [0.29, 0.717) is 80.4 Å². The molecule has 2 aliphatic heterocycles. The van der Waals surface area contributed by atoms with E-state index in [1.807, 2.05) is 4.90 Å². The van der Waals surface area contributed by atoms with E-state index < -0.39 is 0 Å². The number of nitrogens with zero attached hydrogens (tertiary/aromatic N) is 4. The first-order chi connectivity index (χ1) is 16.0. The van der Waals surface area contributed by atoms with Crippen molar-refractivity contribution in [3.05, 3.63) is 45.9 Å². The standard InChI is InChI=1S/C22H26ClN5O4S/c23-17-3-1-16(2-4-17)21(31)25-22-24-18(15-33-22)13-19(29)27-7-5-26(6-8-27)14-20(30)28-9-11-32-12-10-28/h1-4,15H,5-14H2,(H,24,25,31). The van der Waals surface area contributed by atoms with Crippen molar-refractivity contribution in [3.63, 3.8) is 0 Å². The Morgan fingerprint density at radius 3 is 2.33 bits per heavy atom. The summed E-state index contributed by atoms with van der Waals surface area (Å²) in [7, 11) is 0. The van der Waals surface area contributed by atoms with Gasteiger partial charge in [-0.25, -0.2) is 4.98 Å². The number of morpholine rings is 1. The van der Waals surface area contributed by atoms with Crippen LogP contribution in [0.2, 0.25) is 5.02 Å². The van der Waals surface area contributed by atoms with Crippen LogP contribution in [0.1, 0.15) is 16.1 Å². The third-order valence-electron chi connectivity index (χ3n) is 5.66. The lowest BCUT2D eigenvalue weighted by molar-refractivity contribution is -0.137. The third-order valence-corrected chi connectivity index (χ3v) is 6.72. The topological polar surface area (TPSA) is 95.1 Å². The molecular weight excluding hydrogens is 466 g/mol. The van der Waals surface area contributed by atoms with E-state index in [-0.39, 0.29) is 24.1 Å². The molecule has 2 saturated heterocycles. The number of hydrogen-bond donors (Lipinski definition) is 1. The van der Waals surface area contributed by atoms with Gasteiger partial charge in [0, 0.05) is 55.2 Å². The maximum Gasteiger partial charge on any atom is 0.257 e. The summed E-state index contributed by atoms with van der Waals surface area (Å²) in [5, 5.41) is 5.55. The lowest BCUT2D eigenvalue weighted by atomic mass is 10.2. The summed E-state index contributed by atoms with van der Waals surface area (Å²) < 4.78 is 5.29. The fourth-order valence-corrected chi connectivity index (χ4v) is 4.57. The summed E-state index contributed by atoms with van der Waals surface area (Å²) in [6, 6.07) is 6.59. The van der Waals surface area contributed by atoms with E-state index in [4.69, 9.17) is 16.3 Å². The van der Waals surface area contributed by atoms with Crippen LogP contribution in [0, 0.1) is 0 Å². The number of carbonyl (C=O) groups excluding carboxylic acids is 3. The third kappa shape index (κ3) is 6.50. The lowest BCUT2D eigenvalue weighted by Crippen LogP contribution is -2.52. The average molecular weight is 492 g/mol. The number of halogens is 1. The molecule has 2 fully saturated rings. The van der Waals surface area contributed by atoms with Gasteiger partial charge in [0.15, 0.2) is 5.13 Å².